The number of amides is 1. The Kier molecular flexibility index (Phi) is 5.66. The molecule has 0 radical (unpaired) electrons. The molecule has 0 unspecified atom stereocenters. The maximum absolute atomic E-state index is 13.9. The van der Waals surface area contributed by atoms with Gasteiger partial charge >= 0.3 is 0 Å². The Bertz CT molecular complexity index is 761. The van der Waals surface area contributed by atoms with E-state index in [2.05, 4.69) is 10.2 Å². The van der Waals surface area contributed by atoms with Gasteiger partial charge in [-0.3, -0.25) is 9.69 Å². The van der Waals surface area contributed by atoms with Crippen LogP contribution in [0.25, 0.3) is 0 Å². The van der Waals surface area contributed by atoms with Crippen molar-refractivity contribution in [1.29, 1.82) is 0 Å². The molecule has 3 nitrogen and oxygen atoms in total. The van der Waals surface area contributed by atoms with Gasteiger partial charge in [0.1, 0.15) is 11.6 Å². The van der Waals surface area contributed by atoms with E-state index in [1.165, 1.54) is 18.2 Å². The van der Waals surface area contributed by atoms with Crippen molar-refractivity contribution in [2.75, 3.05) is 18.4 Å². The lowest BCUT2D eigenvalue weighted by Crippen LogP contribution is -2.37. The second-order valence-corrected chi connectivity index (χ2v) is 6.72. The number of hydrogen-bond acceptors (Lipinski definition) is 2. The quantitative estimate of drug-likeness (QED) is 0.868. The minimum Gasteiger partial charge on any atom is -0.326 e. The molecule has 0 spiro atoms. The van der Waals surface area contributed by atoms with Gasteiger partial charge in [0.05, 0.1) is 0 Å². The molecule has 6 heteroatoms. The van der Waals surface area contributed by atoms with Gasteiger partial charge in [-0.25, -0.2) is 8.78 Å². The Morgan fingerprint density at radius 2 is 1.92 bits per heavy atom. The van der Waals surface area contributed by atoms with E-state index < -0.39 is 0 Å². The van der Waals surface area contributed by atoms with Crippen LogP contribution in [0.5, 0.6) is 0 Å². The van der Waals surface area contributed by atoms with Crippen LogP contribution in [-0.2, 0) is 11.3 Å². The lowest BCUT2D eigenvalue weighted by molar-refractivity contribution is -0.121. The Labute approximate surface area is 150 Å². The molecule has 1 heterocycles. The molecular weight excluding hydrogens is 346 g/mol. The Morgan fingerprint density at radius 3 is 2.60 bits per heavy atom. The van der Waals surface area contributed by atoms with E-state index in [9.17, 15) is 13.6 Å². The van der Waals surface area contributed by atoms with Crippen LogP contribution < -0.4 is 5.32 Å². The van der Waals surface area contributed by atoms with E-state index in [0.29, 0.717) is 48.7 Å². The molecule has 3 rings (SSSR count). The van der Waals surface area contributed by atoms with E-state index in [0.717, 1.165) is 0 Å². The van der Waals surface area contributed by atoms with Crippen LogP contribution in [0.3, 0.4) is 0 Å². The van der Waals surface area contributed by atoms with Crippen molar-refractivity contribution in [3.05, 3.63) is 64.7 Å². The highest BCUT2D eigenvalue weighted by atomic mass is 35.5. The zero-order valence-electron chi connectivity index (χ0n) is 13.6. The number of benzene rings is 2. The van der Waals surface area contributed by atoms with E-state index >= 15 is 0 Å². The molecule has 0 atom stereocenters. The van der Waals surface area contributed by atoms with Gasteiger partial charge in [0.15, 0.2) is 0 Å². The van der Waals surface area contributed by atoms with Crippen molar-refractivity contribution in [1.82, 2.24) is 4.90 Å². The predicted molar refractivity (Wildman–Crippen MR) is 94.4 cm³/mol. The summed E-state index contributed by atoms with van der Waals surface area (Å²) in [6.07, 6.45) is 1.38. The summed E-state index contributed by atoms with van der Waals surface area (Å²) < 4.78 is 27.1. The number of hydrogen-bond donors (Lipinski definition) is 1. The van der Waals surface area contributed by atoms with Crippen LogP contribution in [0, 0.1) is 17.6 Å². The molecular formula is C19H19ClF2N2O. The van der Waals surface area contributed by atoms with Gasteiger partial charge in [-0.05, 0) is 56.3 Å². The van der Waals surface area contributed by atoms with Crippen molar-refractivity contribution in [3.63, 3.8) is 0 Å². The molecule has 0 saturated carbocycles. The number of piperidine rings is 1. The van der Waals surface area contributed by atoms with Crippen LogP contribution in [-0.4, -0.2) is 23.9 Å². The van der Waals surface area contributed by atoms with Crippen molar-refractivity contribution >= 4 is 23.2 Å². The van der Waals surface area contributed by atoms with Crippen molar-refractivity contribution in [2.45, 2.75) is 19.4 Å². The second kappa shape index (κ2) is 7.93. The monoisotopic (exact) mass is 364 g/mol. The number of halogens is 3. The average Bonchev–Trinajstić information content (AvgIpc) is 2.58. The van der Waals surface area contributed by atoms with E-state index in [1.807, 2.05) is 0 Å². The summed E-state index contributed by atoms with van der Waals surface area (Å²) in [7, 11) is 0. The molecule has 2 aromatic rings. The summed E-state index contributed by atoms with van der Waals surface area (Å²) in [5, 5.41) is 3.14. The largest absolute Gasteiger partial charge is 0.326 e. The smallest absolute Gasteiger partial charge is 0.227 e. The Balaban J connectivity index is 1.52. The molecule has 0 bridgehead atoms. The molecule has 0 aromatic heterocycles. The summed E-state index contributed by atoms with van der Waals surface area (Å²) in [6.45, 7) is 1.92. The zero-order valence-corrected chi connectivity index (χ0v) is 14.4. The molecule has 1 fully saturated rings. The third-order valence-corrected chi connectivity index (χ3v) is 4.69. The number of likely N-dealkylation sites (tertiary alicyclic amines) is 1. The molecule has 132 valence electrons. The maximum Gasteiger partial charge on any atom is 0.227 e. The molecule has 0 aliphatic carbocycles. The van der Waals surface area contributed by atoms with Crippen LogP contribution in [0.1, 0.15) is 18.4 Å². The number of nitrogens with zero attached hydrogens (tertiary/aromatic N) is 1. The molecule has 1 N–H and O–H groups in total. The zero-order chi connectivity index (χ0) is 17.8. The normalized spacial score (nSPS) is 16.0. The molecule has 1 saturated heterocycles. The molecule has 1 aliphatic rings. The van der Waals surface area contributed by atoms with Gasteiger partial charge < -0.3 is 5.32 Å². The first-order valence-electron chi connectivity index (χ1n) is 8.24. The molecule has 2 aromatic carbocycles. The minimum absolute atomic E-state index is 0.0945. The lowest BCUT2D eigenvalue weighted by Gasteiger charge is -2.31. The number of rotatable bonds is 4. The van der Waals surface area contributed by atoms with Crippen molar-refractivity contribution in [3.8, 4) is 0 Å². The summed E-state index contributed by atoms with van der Waals surface area (Å²) in [5.41, 5.74) is 1.07. The first-order valence-corrected chi connectivity index (χ1v) is 8.62. The minimum atomic E-state index is -0.377. The topological polar surface area (TPSA) is 32.3 Å². The SMILES string of the molecule is O=C(Nc1cccc(F)c1)C1CCN(Cc2ccc(Cl)cc2F)CC1. The fraction of sp³-hybridized carbons (Fsp3) is 0.316. The second-order valence-electron chi connectivity index (χ2n) is 6.29. The van der Waals surface area contributed by atoms with Gasteiger partial charge in [0.2, 0.25) is 5.91 Å². The van der Waals surface area contributed by atoms with E-state index in [1.54, 1.807) is 24.3 Å². The third-order valence-electron chi connectivity index (χ3n) is 4.46. The van der Waals surface area contributed by atoms with Gasteiger partial charge in [-0.1, -0.05) is 23.7 Å². The fourth-order valence-electron chi connectivity index (χ4n) is 3.05. The first-order chi connectivity index (χ1) is 12.0. The van der Waals surface area contributed by atoms with Gasteiger partial charge in [0, 0.05) is 28.7 Å². The van der Waals surface area contributed by atoms with Crippen LogP contribution >= 0.6 is 11.6 Å². The summed E-state index contributed by atoms with van der Waals surface area (Å²) in [6, 6.07) is 10.6. The van der Waals surface area contributed by atoms with Gasteiger partial charge in [-0.15, -0.1) is 0 Å². The van der Waals surface area contributed by atoms with Gasteiger partial charge in [0.25, 0.3) is 0 Å². The maximum atomic E-state index is 13.9. The molecule has 1 amide bonds. The van der Waals surface area contributed by atoms with Crippen LogP contribution in [0.2, 0.25) is 5.02 Å². The Morgan fingerprint density at radius 1 is 1.16 bits per heavy atom. The van der Waals surface area contributed by atoms with Crippen molar-refractivity contribution < 1.29 is 13.6 Å². The third kappa shape index (κ3) is 4.77. The fourth-order valence-corrected chi connectivity index (χ4v) is 3.21. The number of carbonyl (C=O) groups excluding carboxylic acids is 1. The lowest BCUT2D eigenvalue weighted by atomic mass is 9.95. The number of anilines is 1. The van der Waals surface area contributed by atoms with Crippen molar-refractivity contribution in [2.24, 2.45) is 5.92 Å². The molecule has 1 aliphatic heterocycles. The van der Waals surface area contributed by atoms with Gasteiger partial charge in [-0.2, -0.15) is 0 Å². The standard InChI is InChI=1S/C19H19ClF2N2O/c20-15-5-4-14(18(22)10-15)12-24-8-6-13(7-9-24)19(25)23-17-3-1-2-16(21)11-17/h1-5,10-11,13H,6-9,12H2,(H,23,25). The highest BCUT2D eigenvalue weighted by Gasteiger charge is 2.25. The first kappa shape index (κ1) is 17.8. The highest BCUT2D eigenvalue weighted by molar-refractivity contribution is 6.30. The highest BCUT2D eigenvalue weighted by Crippen LogP contribution is 2.23. The molecule has 25 heavy (non-hydrogen) atoms. The Hall–Kier alpha value is -1.98. The predicted octanol–water partition coefficient (Wildman–Crippen LogP) is 4.47. The summed E-state index contributed by atoms with van der Waals surface area (Å²) in [4.78, 5) is 14.4. The van der Waals surface area contributed by atoms with E-state index in [-0.39, 0.29) is 23.5 Å². The average molecular weight is 365 g/mol. The summed E-state index contributed by atoms with van der Waals surface area (Å²) >= 11 is 5.77. The van der Waals surface area contributed by atoms with Crippen LogP contribution in [0.4, 0.5) is 14.5 Å². The summed E-state index contributed by atoms with van der Waals surface area (Å²) in [5.74, 6) is -0.895. The van der Waals surface area contributed by atoms with Crippen LogP contribution in [0.15, 0.2) is 42.5 Å². The van der Waals surface area contributed by atoms with E-state index in [4.69, 9.17) is 11.6 Å². The number of carbonyl (C=O) groups is 1. The number of nitrogens with one attached hydrogen (secondary N) is 1.